The van der Waals surface area contributed by atoms with Gasteiger partial charge < -0.3 is 0 Å². The molecule has 1 heterocycles. The van der Waals surface area contributed by atoms with Crippen LogP contribution < -0.4 is 0 Å². The van der Waals surface area contributed by atoms with Gasteiger partial charge in [-0.3, -0.25) is 4.98 Å². The van der Waals surface area contributed by atoms with Crippen molar-refractivity contribution in [3.63, 3.8) is 0 Å². The van der Waals surface area contributed by atoms with Gasteiger partial charge in [0.15, 0.2) is 0 Å². The molecule has 0 aliphatic heterocycles. The molecule has 152 valence electrons. The summed E-state index contributed by atoms with van der Waals surface area (Å²) in [6, 6.07) is 5.72. The number of nitrogens with zero attached hydrogens (tertiary/aromatic N) is 1. The lowest BCUT2D eigenvalue weighted by molar-refractivity contribution is -0.173. The summed E-state index contributed by atoms with van der Waals surface area (Å²) in [7, 11) is -6.45. The van der Waals surface area contributed by atoms with Gasteiger partial charge in [-0.1, -0.05) is 16.9 Å². The predicted molar refractivity (Wildman–Crippen MR) is 74.4 cm³/mol. The molecule has 0 atom stereocenters. The summed E-state index contributed by atoms with van der Waals surface area (Å²) in [6.45, 7) is 0. The molecule has 4 nitrogen and oxygen atoms in total. The van der Waals surface area contributed by atoms with Crippen LogP contribution in [0.15, 0.2) is 30.6 Å². The van der Waals surface area contributed by atoms with Crippen molar-refractivity contribution >= 4 is 10.1 Å². The van der Waals surface area contributed by atoms with Crippen molar-refractivity contribution in [2.45, 2.75) is 49.5 Å². The molecule has 0 aliphatic carbocycles. The first-order valence-electron chi connectivity index (χ1n) is 6.99. The molecule has 0 amide bonds. The minimum absolute atomic E-state index is 0.471. The third-order valence-corrected chi connectivity index (χ3v) is 3.93. The van der Waals surface area contributed by atoms with Crippen LogP contribution in [-0.2, 0) is 14.5 Å². The molecule has 0 N–H and O–H groups in total. The summed E-state index contributed by atoms with van der Waals surface area (Å²) in [5.74, 6) is -5.16. The number of aromatic nitrogens is 1. The molecule has 1 aromatic rings. The number of hydrogen-bond donors (Lipinski definition) is 0. The van der Waals surface area contributed by atoms with Gasteiger partial charge in [0, 0.05) is 25.2 Å². The van der Waals surface area contributed by atoms with E-state index < -0.39 is 59.6 Å². The minimum Gasteiger partial charge on any atom is -0.265 e. The Morgan fingerprint density at radius 2 is 1.31 bits per heavy atom. The molecule has 0 aromatic carbocycles. The maximum atomic E-state index is 12.9. The maximum absolute atomic E-state index is 12.9. The fraction of sp³-hybridized carbons (Fsp3) is 0.615. The first-order valence-corrected chi connectivity index (χ1v) is 8.40. The fourth-order valence-corrected chi connectivity index (χ4v) is 2.08. The van der Waals surface area contributed by atoms with Crippen LogP contribution in [0.1, 0.15) is 32.1 Å². The van der Waals surface area contributed by atoms with Crippen molar-refractivity contribution in [2.75, 3.05) is 0 Å². The highest BCUT2D eigenvalue weighted by molar-refractivity contribution is 7.87. The van der Waals surface area contributed by atoms with E-state index in [9.17, 15) is 43.7 Å². The standard InChI is InChI=1S/C8H10F8O3S.C5H5N/c9-6(10,8(14,15)20(17,18)19-16)4-2-1-3-5-7(11,12)13;1-2-4-6-5-3-1/h1-5H2;1-5H. The average Bonchev–Trinajstić information content (AvgIpc) is 2.55. The summed E-state index contributed by atoms with van der Waals surface area (Å²) >= 11 is 0. The SMILES string of the molecule is O=S(=O)(OF)C(F)(F)C(F)(F)CCCCCC(F)(F)F.c1ccncc1. The van der Waals surface area contributed by atoms with Crippen LogP contribution in [0.2, 0.25) is 0 Å². The third kappa shape index (κ3) is 8.25. The number of pyridine rings is 1. The molecule has 0 aliphatic rings. The largest absolute Gasteiger partial charge is 0.434 e. The van der Waals surface area contributed by atoms with E-state index in [1.807, 2.05) is 22.6 Å². The molecule has 13 heteroatoms. The number of alkyl halides is 7. The molecule has 0 unspecified atom stereocenters. The van der Waals surface area contributed by atoms with Crippen LogP contribution in [0.25, 0.3) is 0 Å². The summed E-state index contributed by atoms with van der Waals surface area (Å²) in [6.07, 6.45) is -5.83. The van der Waals surface area contributed by atoms with Gasteiger partial charge in [0.25, 0.3) is 0 Å². The van der Waals surface area contributed by atoms with Gasteiger partial charge in [-0.05, 0) is 29.5 Å². The Labute approximate surface area is 144 Å². The Hall–Kier alpha value is -1.50. The lowest BCUT2D eigenvalue weighted by atomic mass is 10.1. The molecular weight excluding hydrogens is 402 g/mol. The second kappa shape index (κ2) is 10.00. The summed E-state index contributed by atoms with van der Waals surface area (Å²) < 4.78 is 120. The van der Waals surface area contributed by atoms with Crippen molar-refractivity contribution in [1.82, 2.24) is 4.98 Å². The molecule has 0 saturated heterocycles. The third-order valence-electron chi connectivity index (χ3n) is 2.84. The summed E-state index contributed by atoms with van der Waals surface area (Å²) in [4.78, 5) is 3.78. The molecule has 26 heavy (non-hydrogen) atoms. The molecule has 0 radical (unpaired) electrons. The molecule has 0 bridgehead atoms. The van der Waals surface area contributed by atoms with E-state index in [0.29, 0.717) is 0 Å². The van der Waals surface area contributed by atoms with Gasteiger partial charge in [0.05, 0.1) is 0 Å². The Morgan fingerprint density at radius 3 is 1.65 bits per heavy atom. The zero-order chi connectivity index (χ0) is 20.5. The molecule has 0 fully saturated rings. The maximum Gasteiger partial charge on any atom is 0.434 e. The van der Waals surface area contributed by atoms with Crippen molar-refractivity contribution in [2.24, 2.45) is 0 Å². The van der Waals surface area contributed by atoms with Crippen LogP contribution >= 0.6 is 0 Å². The highest BCUT2D eigenvalue weighted by Gasteiger charge is 2.66. The quantitative estimate of drug-likeness (QED) is 0.439. The second-order valence-corrected chi connectivity index (χ2v) is 6.49. The summed E-state index contributed by atoms with van der Waals surface area (Å²) in [5.41, 5.74) is 0. The lowest BCUT2D eigenvalue weighted by Gasteiger charge is -2.23. The molecule has 1 rings (SSSR count). The zero-order valence-electron chi connectivity index (χ0n) is 13.0. The average molecular weight is 417 g/mol. The van der Waals surface area contributed by atoms with E-state index in [0.717, 1.165) is 0 Å². The summed E-state index contributed by atoms with van der Waals surface area (Å²) in [5, 5.41) is -5.81. The van der Waals surface area contributed by atoms with Crippen LogP contribution in [0.4, 0.5) is 35.3 Å². The van der Waals surface area contributed by atoms with Gasteiger partial charge in [0.2, 0.25) is 0 Å². The van der Waals surface area contributed by atoms with Crippen LogP contribution in [0, 0.1) is 0 Å². The monoisotopic (exact) mass is 417 g/mol. The van der Waals surface area contributed by atoms with Crippen molar-refractivity contribution in [1.29, 1.82) is 0 Å². The fourth-order valence-electron chi connectivity index (χ4n) is 1.53. The highest BCUT2D eigenvalue weighted by atomic mass is 32.2. The second-order valence-electron chi connectivity index (χ2n) is 4.94. The van der Waals surface area contributed by atoms with Crippen molar-refractivity contribution in [3.05, 3.63) is 30.6 Å². The van der Waals surface area contributed by atoms with E-state index in [2.05, 4.69) is 4.98 Å². The molecule has 0 saturated carbocycles. The van der Waals surface area contributed by atoms with E-state index in [-0.39, 0.29) is 0 Å². The first-order chi connectivity index (χ1) is 11.8. The Kier molecular flexibility index (Phi) is 9.42. The van der Waals surface area contributed by atoms with Gasteiger partial charge in [-0.25, -0.2) is 0 Å². The number of halogens is 8. The first kappa shape index (κ1) is 24.5. The van der Waals surface area contributed by atoms with E-state index in [1.165, 1.54) is 0 Å². The normalized spacial score (nSPS) is 13.1. The van der Waals surface area contributed by atoms with Crippen molar-refractivity contribution in [3.8, 4) is 0 Å². The van der Waals surface area contributed by atoms with Crippen LogP contribution in [0.5, 0.6) is 0 Å². The minimum atomic E-state index is -6.45. The molecular formula is C13H15F8NO3S. The van der Waals surface area contributed by atoms with Crippen LogP contribution in [0.3, 0.4) is 0 Å². The zero-order valence-corrected chi connectivity index (χ0v) is 13.8. The molecule has 0 spiro atoms. The smallest absolute Gasteiger partial charge is 0.265 e. The number of unbranched alkanes of at least 4 members (excludes halogenated alkanes) is 2. The Morgan fingerprint density at radius 1 is 0.808 bits per heavy atom. The topological polar surface area (TPSA) is 56.3 Å². The van der Waals surface area contributed by atoms with E-state index >= 15 is 0 Å². The van der Waals surface area contributed by atoms with Gasteiger partial charge >= 0.3 is 27.5 Å². The van der Waals surface area contributed by atoms with Gasteiger partial charge in [-0.2, -0.15) is 39.2 Å². The van der Waals surface area contributed by atoms with Crippen LogP contribution in [-0.4, -0.2) is 30.8 Å². The van der Waals surface area contributed by atoms with Crippen molar-refractivity contribution < 1.29 is 48.1 Å². The van der Waals surface area contributed by atoms with Gasteiger partial charge in [-0.15, -0.1) is 0 Å². The Balaban J connectivity index is 0.000000867. The predicted octanol–water partition coefficient (Wildman–Crippen LogP) is 5.04. The number of hydrogen-bond acceptors (Lipinski definition) is 4. The Bertz CT molecular complexity index is 581. The van der Waals surface area contributed by atoms with E-state index in [4.69, 9.17) is 0 Å². The molecule has 1 aromatic heterocycles. The number of rotatable bonds is 8. The van der Waals surface area contributed by atoms with Gasteiger partial charge in [0.1, 0.15) is 0 Å². The van der Waals surface area contributed by atoms with E-state index in [1.54, 1.807) is 12.4 Å². The lowest BCUT2D eigenvalue weighted by Crippen LogP contribution is -2.47. The highest BCUT2D eigenvalue weighted by Crippen LogP contribution is 2.43.